The van der Waals surface area contributed by atoms with E-state index < -0.39 is 0 Å². The van der Waals surface area contributed by atoms with Gasteiger partial charge in [0.05, 0.1) is 11.0 Å². The molecule has 1 aromatic heterocycles. The Hall–Kier alpha value is -1.69. The van der Waals surface area contributed by atoms with E-state index >= 15 is 0 Å². The predicted octanol–water partition coefficient (Wildman–Crippen LogP) is 2.51. The Kier molecular flexibility index (Phi) is 3.10. The first-order chi connectivity index (χ1) is 9.13. The highest BCUT2D eigenvalue weighted by Gasteiger charge is 2.22. The van der Waals surface area contributed by atoms with Crippen LogP contribution in [0, 0.1) is 10.6 Å². The number of benzene rings is 1. The smallest absolute Gasteiger partial charge is 0.222 e. The number of carbonyl (C=O) groups excluding carboxylic acids is 1. The van der Waals surface area contributed by atoms with Crippen molar-refractivity contribution in [3.63, 3.8) is 0 Å². The van der Waals surface area contributed by atoms with Gasteiger partial charge in [-0.25, -0.2) is 4.39 Å². The number of H-pyrrole nitrogens is 1. The Morgan fingerprint density at radius 3 is 3.05 bits per heavy atom. The van der Waals surface area contributed by atoms with Gasteiger partial charge in [-0.1, -0.05) is 0 Å². The van der Waals surface area contributed by atoms with Crippen LogP contribution in [0.15, 0.2) is 18.2 Å². The quantitative estimate of drug-likeness (QED) is 0.845. The van der Waals surface area contributed by atoms with Gasteiger partial charge in [0.2, 0.25) is 5.91 Å². The van der Waals surface area contributed by atoms with Crippen LogP contribution in [-0.4, -0.2) is 21.5 Å². The molecule has 0 spiro atoms. The molecule has 0 radical (unpaired) electrons. The zero-order chi connectivity index (χ0) is 13.4. The lowest BCUT2D eigenvalue weighted by molar-refractivity contribution is -0.121. The van der Waals surface area contributed by atoms with E-state index in [9.17, 15) is 9.18 Å². The molecule has 0 atom stereocenters. The SMILES string of the molecule is O=C(CCn1c(=S)[nH]c2cc(F)ccc21)NC1CC1. The van der Waals surface area contributed by atoms with Crippen LogP contribution in [0.1, 0.15) is 19.3 Å². The Balaban J connectivity index is 1.78. The van der Waals surface area contributed by atoms with Crippen LogP contribution < -0.4 is 5.32 Å². The third kappa shape index (κ3) is 2.68. The summed E-state index contributed by atoms with van der Waals surface area (Å²) in [4.78, 5) is 14.6. The zero-order valence-electron chi connectivity index (χ0n) is 10.3. The Labute approximate surface area is 114 Å². The van der Waals surface area contributed by atoms with Crippen molar-refractivity contribution >= 4 is 29.2 Å². The van der Waals surface area contributed by atoms with E-state index in [0.717, 1.165) is 18.4 Å². The summed E-state index contributed by atoms with van der Waals surface area (Å²) >= 11 is 5.20. The first-order valence-corrected chi connectivity index (χ1v) is 6.72. The van der Waals surface area contributed by atoms with Gasteiger partial charge in [-0.3, -0.25) is 4.79 Å². The van der Waals surface area contributed by atoms with Gasteiger partial charge in [0.25, 0.3) is 0 Å². The fraction of sp³-hybridized carbons (Fsp3) is 0.385. The van der Waals surface area contributed by atoms with Crippen molar-refractivity contribution in [2.24, 2.45) is 0 Å². The van der Waals surface area contributed by atoms with E-state index in [2.05, 4.69) is 10.3 Å². The predicted molar refractivity (Wildman–Crippen MR) is 72.9 cm³/mol. The van der Waals surface area contributed by atoms with E-state index in [1.165, 1.54) is 12.1 Å². The summed E-state index contributed by atoms with van der Waals surface area (Å²) < 4.78 is 15.5. The highest BCUT2D eigenvalue weighted by Crippen LogP contribution is 2.19. The number of halogens is 1. The first kappa shape index (κ1) is 12.3. The molecule has 100 valence electrons. The summed E-state index contributed by atoms with van der Waals surface area (Å²) in [6.45, 7) is 0.503. The highest BCUT2D eigenvalue weighted by molar-refractivity contribution is 7.71. The summed E-state index contributed by atoms with van der Waals surface area (Å²) in [5, 5.41) is 2.94. The van der Waals surface area contributed by atoms with Crippen LogP contribution in [0.25, 0.3) is 11.0 Å². The van der Waals surface area contributed by atoms with Gasteiger partial charge >= 0.3 is 0 Å². The third-order valence-electron chi connectivity index (χ3n) is 3.24. The van der Waals surface area contributed by atoms with Crippen molar-refractivity contribution in [2.45, 2.75) is 31.8 Å². The van der Waals surface area contributed by atoms with E-state index in [1.54, 1.807) is 6.07 Å². The van der Waals surface area contributed by atoms with Gasteiger partial charge in [-0.05, 0) is 43.3 Å². The number of aromatic amines is 1. The molecule has 2 N–H and O–H groups in total. The normalized spacial score (nSPS) is 14.8. The number of fused-ring (bicyclic) bond motifs is 1. The van der Waals surface area contributed by atoms with Crippen LogP contribution >= 0.6 is 12.2 Å². The van der Waals surface area contributed by atoms with Crippen molar-refractivity contribution in [1.82, 2.24) is 14.9 Å². The molecular formula is C13H14FN3OS. The largest absolute Gasteiger partial charge is 0.353 e. The van der Waals surface area contributed by atoms with Crippen molar-refractivity contribution < 1.29 is 9.18 Å². The molecule has 1 fully saturated rings. The Bertz CT molecular complexity index is 687. The first-order valence-electron chi connectivity index (χ1n) is 6.31. The van der Waals surface area contributed by atoms with Crippen LogP contribution in [0.5, 0.6) is 0 Å². The zero-order valence-corrected chi connectivity index (χ0v) is 11.1. The van der Waals surface area contributed by atoms with E-state index in [1.807, 2.05) is 4.57 Å². The molecule has 0 saturated heterocycles. The van der Waals surface area contributed by atoms with Crippen molar-refractivity contribution in [3.8, 4) is 0 Å². The monoisotopic (exact) mass is 279 g/mol. The number of carbonyl (C=O) groups is 1. The number of aromatic nitrogens is 2. The van der Waals surface area contributed by atoms with Gasteiger partial charge in [0.1, 0.15) is 5.82 Å². The molecule has 6 heteroatoms. The number of amides is 1. The number of hydrogen-bond donors (Lipinski definition) is 2. The van der Waals surface area contributed by atoms with Crippen LogP contribution in [0.3, 0.4) is 0 Å². The van der Waals surface area contributed by atoms with Gasteiger partial charge in [-0.15, -0.1) is 0 Å². The standard InChI is InChI=1S/C13H14FN3OS/c14-8-1-4-11-10(7-8)16-13(19)17(11)6-5-12(18)15-9-2-3-9/h1,4,7,9H,2-3,5-6H2,(H,15,18)(H,16,19). The molecule has 0 unspecified atom stereocenters. The summed E-state index contributed by atoms with van der Waals surface area (Å²) in [6.07, 6.45) is 2.55. The topological polar surface area (TPSA) is 49.8 Å². The fourth-order valence-corrected chi connectivity index (χ4v) is 2.40. The molecule has 2 aromatic rings. The van der Waals surface area contributed by atoms with Gasteiger partial charge in [-0.2, -0.15) is 0 Å². The summed E-state index contributed by atoms with van der Waals surface area (Å²) in [6, 6.07) is 4.85. The summed E-state index contributed by atoms with van der Waals surface area (Å²) in [5.41, 5.74) is 1.48. The second-order valence-corrected chi connectivity index (χ2v) is 5.22. The van der Waals surface area contributed by atoms with Gasteiger partial charge in [0, 0.05) is 19.0 Å². The molecule has 1 amide bonds. The van der Waals surface area contributed by atoms with Gasteiger partial charge in [0.15, 0.2) is 4.77 Å². The molecule has 1 aliphatic carbocycles. The number of nitrogens with zero attached hydrogens (tertiary/aromatic N) is 1. The lowest BCUT2D eigenvalue weighted by Gasteiger charge is -2.05. The lowest BCUT2D eigenvalue weighted by Crippen LogP contribution is -2.26. The second kappa shape index (κ2) is 4.77. The van der Waals surface area contributed by atoms with Gasteiger partial charge < -0.3 is 14.9 Å². The van der Waals surface area contributed by atoms with Crippen molar-refractivity contribution in [3.05, 3.63) is 28.8 Å². The second-order valence-electron chi connectivity index (χ2n) is 4.84. The molecule has 1 aromatic carbocycles. The van der Waals surface area contributed by atoms with E-state index in [0.29, 0.717) is 29.3 Å². The number of imidazole rings is 1. The number of hydrogen-bond acceptors (Lipinski definition) is 2. The van der Waals surface area contributed by atoms with Crippen LogP contribution in [0.2, 0.25) is 0 Å². The lowest BCUT2D eigenvalue weighted by atomic mass is 10.3. The molecule has 1 aliphatic rings. The Morgan fingerprint density at radius 1 is 1.53 bits per heavy atom. The molecule has 1 saturated carbocycles. The summed E-state index contributed by atoms with van der Waals surface area (Å²) in [5.74, 6) is -0.261. The molecule has 0 bridgehead atoms. The summed E-state index contributed by atoms with van der Waals surface area (Å²) in [7, 11) is 0. The maximum Gasteiger partial charge on any atom is 0.222 e. The molecule has 3 rings (SSSR count). The molecular weight excluding hydrogens is 265 g/mol. The maximum atomic E-state index is 13.1. The third-order valence-corrected chi connectivity index (χ3v) is 3.56. The average Bonchev–Trinajstić information content (AvgIpc) is 3.10. The maximum absolute atomic E-state index is 13.1. The van der Waals surface area contributed by atoms with E-state index in [-0.39, 0.29) is 11.7 Å². The average molecular weight is 279 g/mol. The minimum absolute atomic E-state index is 0.0425. The highest BCUT2D eigenvalue weighted by atomic mass is 32.1. The van der Waals surface area contributed by atoms with E-state index in [4.69, 9.17) is 12.2 Å². The number of aryl methyl sites for hydroxylation is 1. The van der Waals surface area contributed by atoms with Crippen LogP contribution in [0.4, 0.5) is 4.39 Å². The van der Waals surface area contributed by atoms with Crippen molar-refractivity contribution in [2.75, 3.05) is 0 Å². The number of nitrogens with one attached hydrogen (secondary N) is 2. The molecule has 1 heterocycles. The fourth-order valence-electron chi connectivity index (χ4n) is 2.10. The van der Waals surface area contributed by atoms with Crippen LogP contribution in [-0.2, 0) is 11.3 Å². The number of rotatable bonds is 4. The molecule has 0 aliphatic heterocycles. The minimum Gasteiger partial charge on any atom is -0.353 e. The molecule has 19 heavy (non-hydrogen) atoms. The minimum atomic E-state index is -0.303. The Morgan fingerprint density at radius 2 is 2.32 bits per heavy atom. The molecule has 4 nitrogen and oxygen atoms in total. The van der Waals surface area contributed by atoms with Crippen molar-refractivity contribution in [1.29, 1.82) is 0 Å².